The van der Waals surface area contributed by atoms with Crippen LogP contribution in [0.4, 0.5) is 0 Å². The average Bonchev–Trinajstić information content (AvgIpc) is 3.18. The van der Waals surface area contributed by atoms with Crippen LogP contribution in [0, 0.1) is 35.5 Å². The Hall–Kier alpha value is -2.78. The molecule has 1 aliphatic carbocycles. The normalized spacial score (nSPS) is 41.0. The highest BCUT2D eigenvalue weighted by Gasteiger charge is 2.56. The number of allylic oxidation sites excluding steroid dienone is 4. The maximum Gasteiger partial charge on any atom is 0.329 e. The molecule has 2 bridgehead atoms. The third kappa shape index (κ3) is 11.3. The van der Waals surface area contributed by atoms with Crippen molar-refractivity contribution in [3.63, 3.8) is 0 Å². The first kappa shape index (κ1) is 46.9. The van der Waals surface area contributed by atoms with Crippen LogP contribution in [0.15, 0.2) is 36.0 Å². The number of fused-ring (bicyclic) bond motifs is 3. The monoisotopic (exact) mass is 803 g/mol. The topological polar surface area (TPSA) is 189 Å². The number of hydrogen-bond acceptors (Lipinski definition) is 12. The minimum absolute atomic E-state index is 0.00385. The van der Waals surface area contributed by atoms with Gasteiger partial charge in [-0.3, -0.25) is 14.4 Å². The molecule has 0 spiro atoms. The minimum atomic E-state index is -2.52. The third-order valence-electron chi connectivity index (χ3n) is 13.0. The summed E-state index contributed by atoms with van der Waals surface area (Å²) >= 11 is 0. The molecule has 13 heteroatoms. The van der Waals surface area contributed by atoms with E-state index in [0.29, 0.717) is 56.9 Å². The number of ether oxygens (including phenoxy) is 4. The number of aliphatic hydroxyl groups is 4. The maximum absolute atomic E-state index is 14.3. The van der Waals surface area contributed by atoms with Crippen LogP contribution in [0.1, 0.15) is 105 Å². The van der Waals surface area contributed by atoms with Crippen molar-refractivity contribution in [3.8, 4) is 0 Å². The van der Waals surface area contributed by atoms with Crippen LogP contribution in [0.2, 0.25) is 0 Å². The van der Waals surface area contributed by atoms with Gasteiger partial charge in [-0.05, 0) is 95.5 Å². The van der Waals surface area contributed by atoms with E-state index in [1.165, 1.54) is 19.1 Å². The zero-order valence-electron chi connectivity index (χ0n) is 35.1. The molecule has 57 heavy (non-hydrogen) atoms. The van der Waals surface area contributed by atoms with Gasteiger partial charge in [-0.1, -0.05) is 44.6 Å². The number of cyclic esters (lactones) is 1. The number of esters is 1. The van der Waals surface area contributed by atoms with Gasteiger partial charge in [-0.25, -0.2) is 4.79 Å². The van der Waals surface area contributed by atoms with Gasteiger partial charge in [0.25, 0.3) is 11.7 Å². The molecule has 1 amide bonds. The van der Waals surface area contributed by atoms with Crippen LogP contribution in [0.5, 0.6) is 0 Å². The number of nitrogens with zero attached hydrogens (tertiary/aromatic N) is 1. The Labute approximate surface area is 338 Å². The predicted molar refractivity (Wildman–Crippen MR) is 212 cm³/mol. The lowest BCUT2D eigenvalue weighted by atomic mass is 9.78. The first-order chi connectivity index (χ1) is 27.0. The fraction of sp³-hybridized carbons (Fsp3) is 0.773. The number of hydrogen-bond donors (Lipinski definition) is 4. The molecule has 322 valence electrons. The molecule has 2 unspecified atom stereocenters. The number of carbonyl (C=O) groups excluding carboxylic acids is 4. The Balaban J connectivity index is 1.78. The van der Waals surface area contributed by atoms with E-state index in [1.54, 1.807) is 26.8 Å². The smallest absolute Gasteiger partial charge is 0.329 e. The summed E-state index contributed by atoms with van der Waals surface area (Å²) in [6.07, 6.45) is 5.00. The summed E-state index contributed by atoms with van der Waals surface area (Å²) in [5.41, 5.74) is 1.58. The van der Waals surface area contributed by atoms with Crippen molar-refractivity contribution < 1.29 is 58.6 Å². The second-order valence-electron chi connectivity index (χ2n) is 17.4. The fourth-order valence-corrected chi connectivity index (χ4v) is 9.51. The molecule has 14 atom stereocenters. The van der Waals surface area contributed by atoms with Crippen LogP contribution < -0.4 is 0 Å². The Kier molecular flexibility index (Phi) is 17.2. The van der Waals surface area contributed by atoms with Crippen molar-refractivity contribution in [2.24, 2.45) is 35.5 Å². The summed E-state index contributed by atoms with van der Waals surface area (Å²) in [6.45, 7) is 12.9. The number of rotatable bonds is 7. The predicted octanol–water partition coefficient (Wildman–Crippen LogP) is 4.23. The number of piperidine rings is 1. The molecule has 3 fully saturated rings. The van der Waals surface area contributed by atoms with Crippen molar-refractivity contribution in [2.75, 3.05) is 27.4 Å². The van der Waals surface area contributed by atoms with Crippen molar-refractivity contribution in [2.45, 2.75) is 154 Å². The van der Waals surface area contributed by atoms with Gasteiger partial charge in [0, 0.05) is 57.5 Å². The van der Waals surface area contributed by atoms with E-state index < -0.39 is 83.9 Å². The highest BCUT2D eigenvalue weighted by molar-refractivity contribution is 6.39. The molecule has 1 saturated carbocycles. The highest BCUT2D eigenvalue weighted by Crippen LogP contribution is 2.39. The molecule has 3 heterocycles. The molecule has 4 aliphatic rings. The number of ketones is 2. The van der Waals surface area contributed by atoms with Crippen molar-refractivity contribution in [1.82, 2.24) is 4.90 Å². The van der Waals surface area contributed by atoms with Gasteiger partial charge < -0.3 is 44.3 Å². The molecule has 4 rings (SSSR count). The summed E-state index contributed by atoms with van der Waals surface area (Å²) in [7, 11) is 3.04. The first-order valence-corrected chi connectivity index (χ1v) is 21.0. The van der Waals surface area contributed by atoms with Crippen molar-refractivity contribution in [1.29, 1.82) is 0 Å². The highest BCUT2D eigenvalue weighted by atomic mass is 16.7. The lowest BCUT2D eigenvalue weighted by molar-refractivity contribution is -0.302. The molecule has 4 N–H and O–H groups in total. The molecule has 0 aromatic rings. The Morgan fingerprint density at radius 1 is 0.982 bits per heavy atom. The largest absolute Gasteiger partial charge is 0.456 e. The zero-order chi connectivity index (χ0) is 42.2. The molecule has 0 aromatic heterocycles. The lowest BCUT2D eigenvalue weighted by Crippen LogP contribution is -2.64. The van der Waals surface area contributed by atoms with Gasteiger partial charge in [0.2, 0.25) is 5.79 Å². The van der Waals surface area contributed by atoms with E-state index in [-0.39, 0.29) is 56.0 Å². The number of carbonyl (C=O) groups is 4. The summed E-state index contributed by atoms with van der Waals surface area (Å²) in [5, 5.41) is 44.0. The van der Waals surface area contributed by atoms with E-state index in [9.17, 15) is 39.6 Å². The van der Waals surface area contributed by atoms with E-state index >= 15 is 0 Å². The maximum atomic E-state index is 14.3. The van der Waals surface area contributed by atoms with E-state index in [4.69, 9.17) is 18.9 Å². The Morgan fingerprint density at radius 2 is 1.67 bits per heavy atom. The van der Waals surface area contributed by atoms with Crippen LogP contribution >= 0.6 is 0 Å². The molecular weight excluding hydrogens is 734 g/mol. The van der Waals surface area contributed by atoms with E-state index in [2.05, 4.69) is 6.58 Å². The standard InChI is InChI=1S/C44H69NO12/c1-9-12-31-18-25(2)17-26(3)19-37(54-7)40-38(55-8)21-28(5)44(53,57-40)41(50)42(51)45-16-11-10-13-33(45)43(52)56-39(29(6)35(48)23-36(31)49)27(4)20-30-14-15-34(47)32(22-30)24-46/h9,18,20,26,28-35,37-40,46-48,53H,1,10-17,19,21-24H2,2-8H3/b25-18+,27-20+/t26-,28+,29+,30-,31?,32-,33?,34+,35-,37-,38-,39+,40+,44+/m0/s1. The third-order valence-corrected chi connectivity index (χ3v) is 13.0. The Bertz CT molecular complexity index is 1480. The number of Topliss-reactive ketones (excluding diaryl/α,β-unsaturated/α-hetero) is 2. The van der Waals surface area contributed by atoms with Crippen molar-refractivity contribution in [3.05, 3.63) is 36.0 Å². The fourth-order valence-electron chi connectivity index (χ4n) is 9.51. The minimum Gasteiger partial charge on any atom is -0.456 e. The number of aliphatic hydroxyl groups excluding tert-OH is 3. The van der Waals surface area contributed by atoms with Crippen LogP contribution in [0.25, 0.3) is 0 Å². The molecule has 0 aromatic carbocycles. The van der Waals surface area contributed by atoms with Crippen LogP contribution in [-0.4, -0.2) is 125 Å². The Morgan fingerprint density at radius 3 is 2.32 bits per heavy atom. The van der Waals surface area contributed by atoms with Gasteiger partial charge in [0.15, 0.2) is 0 Å². The first-order valence-electron chi connectivity index (χ1n) is 21.0. The second-order valence-corrected chi connectivity index (χ2v) is 17.4. The summed E-state index contributed by atoms with van der Waals surface area (Å²) in [5.74, 6) is -8.19. The zero-order valence-corrected chi connectivity index (χ0v) is 35.1. The van der Waals surface area contributed by atoms with Gasteiger partial charge in [0.05, 0.1) is 24.4 Å². The number of methoxy groups -OCH3 is 2. The SMILES string of the molecule is C=CCC1/C=C(\C)C[C@H](C)C[C@H](OC)[C@H]2O[C@@](O)(C(=O)C(=O)N3CCCCC3C(=O)O[C@H](/C(C)=C/[C@@H]3CC[C@@H](O)[C@H](CO)C3)[C@H](C)[C@@H](O)CC1=O)[C@H](C)C[C@@H]2OC. The van der Waals surface area contributed by atoms with Crippen LogP contribution in [0.3, 0.4) is 0 Å². The van der Waals surface area contributed by atoms with Gasteiger partial charge in [-0.15, -0.1) is 6.58 Å². The van der Waals surface area contributed by atoms with Gasteiger partial charge in [-0.2, -0.15) is 0 Å². The number of amides is 1. The molecular formula is C44H69NO12. The summed E-state index contributed by atoms with van der Waals surface area (Å²) in [4.78, 5) is 57.8. The van der Waals surface area contributed by atoms with E-state index in [1.807, 2.05) is 26.0 Å². The average molecular weight is 804 g/mol. The molecule has 13 nitrogen and oxygen atoms in total. The van der Waals surface area contributed by atoms with Gasteiger partial charge in [0.1, 0.15) is 24.0 Å². The van der Waals surface area contributed by atoms with Gasteiger partial charge >= 0.3 is 5.97 Å². The molecule has 0 radical (unpaired) electrons. The molecule has 2 saturated heterocycles. The van der Waals surface area contributed by atoms with Crippen molar-refractivity contribution >= 4 is 23.4 Å². The summed E-state index contributed by atoms with van der Waals surface area (Å²) in [6, 6.07) is -1.16. The van der Waals surface area contributed by atoms with E-state index in [0.717, 1.165) is 5.57 Å². The lowest BCUT2D eigenvalue weighted by Gasteiger charge is -2.47. The second kappa shape index (κ2) is 21.0. The summed E-state index contributed by atoms with van der Waals surface area (Å²) < 4.78 is 24.2. The molecule has 3 aliphatic heterocycles. The van der Waals surface area contributed by atoms with Crippen LogP contribution in [-0.2, 0) is 38.1 Å². The quantitative estimate of drug-likeness (QED) is 0.163.